The Balaban J connectivity index is 1.39. The fourth-order valence-electron chi connectivity index (χ4n) is 7.83. The van der Waals surface area contributed by atoms with Gasteiger partial charge in [0.15, 0.2) is 31.5 Å². The minimum absolute atomic E-state index is 0.732. The Bertz CT molecular complexity index is 1440. The van der Waals surface area contributed by atoms with E-state index in [1.54, 1.807) is 0 Å². The van der Waals surface area contributed by atoms with Crippen LogP contribution in [-0.2, 0) is 52.2 Å². The first-order valence-electron chi connectivity index (χ1n) is 19.6. The van der Waals surface area contributed by atoms with Crippen LogP contribution in [0.2, 0.25) is 0 Å². The van der Waals surface area contributed by atoms with Gasteiger partial charge in [-0.1, -0.05) is 0 Å². The molecule has 5 heterocycles. The van der Waals surface area contributed by atoms with Crippen molar-refractivity contribution in [2.45, 2.75) is 167 Å². The summed E-state index contributed by atoms with van der Waals surface area (Å²) in [5, 5.41) is 163. The Kier molecular flexibility index (Phi) is 18.1. The van der Waals surface area contributed by atoms with Crippen LogP contribution in [-0.4, -0.2) is 275 Å². The maximum absolute atomic E-state index is 12.6. The second-order valence-corrected chi connectivity index (χ2v) is 15.4. The summed E-state index contributed by atoms with van der Waals surface area (Å²) >= 11 is 0. The van der Waals surface area contributed by atoms with Gasteiger partial charge in [-0.2, -0.15) is 0 Å². The summed E-state index contributed by atoms with van der Waals surface area (Å²) in [6.45, 7) is -2.55. The van der Waals surface area contributed by atoms with E-state index in [0.29, 0.717) is 0 Å². The summed E-state index contributed by atoms with van der Waals surface area (Å²) in [4.78, 5) is 24.6. The molecule has 0 aliphatic carbocycles. The van der Waals surface area contributed by atoms with Gasteiger partial charge >= 0.3 is 0 Å². The van der Waals surface area contributed by atoms with Crippen molar-refractivity contribution in [3.8, 4) is 0 Å². The predicted molar refractivity (Wildman–Crippen MR) is 190 cm³/mol. The first kappa shape index (κ1) is 51.0. The number of amides is 2. The van der Waals surface area contributed by atoms with Crippen molar-refractivity contribution in [3.05, 3.63) is 0 Å². The zero-order chi connectivity index (χ0) is 45.9. The van der Waals surface area contributed by atoms with E-state index >= 15 is 0 Å². The van der Waals surface area contributed by atoms with E-state index in [9.17, 15) is 86.2 Å². The lowest BCUT2D eigenvalue weighted by atomic mass is 9.94. The van der Waals surface area contributed by atoms with Crippen molar-refractivity contribution in [2.24, 2.45) is 0 Å². The van der Waals surface area contributed by atoms with Gasteiger partial charge < -0.3 is 130 Å². The van der Waals surface area contributed by atoms with Crippen molar-refractivity contribution in [2.75, 3.05) is 33.0 Å². The predicted octanol–water partition coefficient (Wildman–Crippen LogP) is -11.6. The number of carbonyl (C=O) groups is 2. The van der Waals surface area contributed by atoms with E-state index in [1.165, 1.54) is 0 Å². The monoisotopic (exact) mass is 910 g/mol. The van der Waals surface area contributed by atoms with Crippen molar-refractivity contribution < 1.29 is 129 Å². The molecule has 5 saturated heterocycles. The van der Waals surface area contributed by atoms with Gasteiger partial charge in [0.05, 0.1) is 33.0 Å². The summed E-state index contributed by atoms with van der Waals surface area (Å²) in [7, 11) is 0. The second-order valence-electron chi connectivity index (χ2n) is 15.4. The third kappa shape index (κ3) is 10.8. The molecule has 0 bridgehead atoms. The number of hydrogen-bond acceptors (Lipinski definition) is 26. The van der Waals surface area contributed by atoms with Gasteiger partial charge in [-0.3, -0.25) is 9.59 Å². The number of rotatable bonds is 15. The minimum atomic E-state index is -2.13. The van der Waals surface area contributed by atoms with Crippen LogP contribution in [0.1, 0.15) is 13.8 Å². The maximum Gasteiger partial charge on any atom is 0.217 e. The van der Waals surface area contributed by atoms with Gasteiger partial charge in [-0.05, 0) is 0 Å². The van der Waals surface area contributed by atoms with Crippen LogP contribution in [0.4, 0.5) is 0 Å². The fraction of sp³-hybridized carbons (Fsp3) is 0.941. The molecule has 360 valence electrons. The Morgan fingerprint density at radius 3 is 1.29 bits per heavy atom. The zero-order valence-corrected chi connectivity index (χ0v) is 33.2. The van der Waals surface area contributed by atoms with E-state index in [-0.39, 0.29) is 0 Å². The number of nitrogens with one attached hydrogen (secondary N) is 2. The minimum Gasteiger partial charge on any atom is -0.394 e. The molecule has 0 radical (unpaired) electrons. The van der Waals surface area contributed by atoms with Crippen LogP contribution in [0.15, 0.2) is 0 Å². The van der Waals surface area contributed by atoms with Gasteiger partial charge in [-0.15, -0.1) is 0 Å². The molecule has 28 nitrogen and oxygen atoms in total. The Labute approximate surface area is 351 Å². The van der Waals surface area contributed by atoms with Crippen molar-refractivity contribution >= 4 is 11.8 Å². The number of carbonyl (C=O) groups excluding carboxylic acids is 2. The summed E-state index contributed by atoms with van der Waals surface area (Å²) in [6, 6.07) is -3.27. The standard InChI is InChI=1S/C34H58N2O26/c1-8(42)35-15-20(47)17(44)10(3-37)55-31(15)62-29-19(46)12(5-39)57-34(25(29)52)61-28-16(36-9(2)43)32(56-11(4-38)18(28)45)59-27-14(7-41)58-33(24(51)22(27)49)60-26-13(6-40)54-30(53)23(50)21(26)48/h10-34,37-41,44-53H,3-7H2,1-2H3,(H,35,42)(H,36,43)/t10-,11-,12-,13-,14-,15-,16-,17-,18+,19+,20-,21-,22-,23-,24-,25-,26-,27+,28-,29+,30-,31+,32+,33+,34+/m1/s1. The highest BCUT2D eigenvalue weighted by Crippen LogP contribution is 2.36. The molecule has 62 heavy (non-hydrogen) atoms. The van der Waals surface area contributed by atoms with Crippen molar-refractivity contribution in [1.29, 1.82) is 0 Å². The fourth-order valence-corrected chi connectivity index (χ4v) is 7.83. The first-order valence-corrected chi connectivity index (χ1v) is 19.6. The molecular formula is C34H58N2O26. The lowest BCUT2D eigenvalue weighted by Gasteiger charge is -2.50. The molecule has 2 amide bonds. The second kappa shape index (κ2) is 22.0. The number of aliphatic hydroxyl groups excluding tert-OH is 15. The lowest BCUT2D eigenvalue weighted by Crippen LogP contribution is -2.70. The molecule has 28 heteroatoms. The smallest absolute Gasteiger partial charge is 0.217 e. The van der Waals surface area contributed by atoms with Crippen LogP contribution < -0.4 is 10.6 Å². The molecule has 5 aliphatic rings. The molecule has 5 rings (SSSR count). The van der Waals surface area contributed by atoms with Crippen molar-refractivity contribution in [1.82, 2.24) is 10.6 Å². The molecule has 0 spiro atoms. The number of hydrogen-bond donors (Lipinski definition) is 17. The van der Waals surface area contributed by atoms with E-state index < -0.39 is 198 Å². The van der Waals surface area contributed by atoms with Crippen molar-refractivity contribution in [3.63, 3.8) is 0 Å². The van der Waals surface area contributed by atoms with E-state index in [2.05, 4.69) is 10.6 Å². The molecule has 0 aromatic carbocycles. The van der Waals surface area contributed by atoms with E-state index in [1.807, 2.05) is 0 Å². The molecule has 0 saturated carbocycles. The lowest BCUT2D eigenvalue weighted by molar-refractivity contribution is -0.382. The molecular weight excluding hydrogens is 852 g/mol. The molecule has 0 aromatic rings. The van der Waals surface area contributed by atoms with E-state index in [0.717, 1.165) is 13.8 Å². The Morgan fingerprint density at radius 2 is 0.758 bits per heavy atom. The normalized spacial score (nSPS) is 49.0. The van der Waals surface area contributed by atoms with Gasteiger partial charge in [0, 0.05) is 13.8 Å². The average Bonchev–Trinajstić information content (AvgIpc) is 3.23. The number of ether oxygens (including phenoxy) is 9. The summed E-state index contributed by atoms with van der Waals surface area (Å²) in [5.74, 6) is -1.56. The highest BCUT2D eigenvalue weighted by Gasteiger charge is 2.57. The van der Waals surface area contributed by atoms with Gasteiger partial charge in [0.1, 0.15) is 122 Å². The maximum atomic E-state index is 12.6. The first-order chi connectivity index (χ1) is 29.3. The molecule has 25 atom stereocenters. The van der Waals surface area contributed by atoms with Gasteiger partial charge in [0.25, 0.3) is 0 Å². The molecule has 5 aliphatic heterocycles. The molecule has 0 unspecified atom stereocenters. The van der Waals surface area contributed by atoms with Crippen LogP contribution in [0.3, 0.4) is 0 Å². The average molecular weight is 911 g/mol. The molecule has 5 fully saturated rings. The van der Waals surface area contributed by atoms with Gasteiger partial charge in [0.2, 0.25) is 11.8 Å². The van der Waals surface area contributed by atoms with Crippen LogP contribution in [0, 0.1) is 0 Å². The summed E-state index contributed by atoms with van der Waals surface area (Å²) < 4.78 is 50.9. The topological polar surface area (TPSA) is 445 Å². The quantitative estimate of drug-likeness (QED) is 0.0725. The highest BCUT2D eigenvalue weighted by atomic mass is 16.8. The molecule has 17 N–H and O–H groups in total. The SMILES string of the molecule is CC(=O)N[C@H]1[C@H](O[C@H]2[C@@H](O)[C@@H](CO)O[C@@H](O[C@H]3[C@@H](O)[C@@H](CO)O[C@@H](O[C@@H]4[C@H](O)[C@@H](O)[C@H](O[C@H]5[C@H](O)[C@@H](O)[C@H](O)O[C@@H]5CO)O[C@@H]4CO)[C@@H]3NC(C)=O)[C@@H]2O)O[C@H](CO)[C@@H](O)[C@@H]1O. The summed E-state index contributed by atoms with van der Waals surface area (Å²) in [6.07, 6.45) is -42.3. The molecule has 0 aromatic heterocycles. The van der Waals surface area contributed by atoms with Crippen LogP contribution in [0.5, 0.6) is 0 Å². The summed E-state index contributed by atoms with van der Waals surface area (Å²) in [5.41, 5.74) is 0. The Morgan fingerprint density at radius 1 is 0.387 bits per heavy atom. The third-order valence-corrected chi connectivity index (χ3v) is 11.1. The Hall–Kier alpha value is -2.02. The van der Waals surface area contributed by atoms with Crippen LogP contribution in [0.25, 0.3) is 0 Å². The highest BCUT2D eigenvalue weighted by molar-refractivity contribution is 5.73. The number of aliphatic hydroxyl groups is 15. The van der Waals surface area contributed by atoms with Crippen LogP contribution >= 0.6 is 0 Å². The van der Waals surface area contributed by atoms with Gasteiger partial charge in [-0.25, -0.2) is 0 Å². The largest absolute Gasteiger partial charge is 0.394 e. The zero-order valence-electron chi connectivity index (χ0n) is 33.2. The third-order valence-electron chi connectivity index (χ3n) is 11.1. The van der Waals surface area contributed by atoms with E-state index in [4.69, 9.17) is 42.6 Å².